The van der Waals surface area contributed by atoms with Gasteiger partial charge < -0.3 is 10.1 Å². The Bertz CT molecular complexity index is 1190. The van der Waals surface area contributed by atoms with Crippen molar-refractivity contribution in [2.75, 3.05) is 37.8 Å². The summed E-state index contributed by atoms with van der Waals surface area (Å²) in [5.74, 6) is 1.26. The van der Waals surface area contributed by atoms with Gasteiger partial charge in [-0.2, -0.15) is 4.31 Å². The molecule has 1 aliphatic heterocycles. The van der Waals surface area contributed by atoms with E-state index in [1.54, 1.807) is 18.2 Å². The Balaban J connectivity index is 1.33. The van der Waals surface area contributed by atoms with Crippen molar-refractivity contribution < 1.29 is 17.9 Å². The molecular weight excluding hydrogens is 438 g/mol. The number of piperazine rings is 1. The number of benzene rings is 3. The van der Waals surface area contributed by atoms with E-state index >= 15 is 0 Å². The van der Waals surface area contributed by atoms with E-state index in [1.807, 2.05) is 60.7 Å². The second-order valence-corrected chi connectivity index (χ2v) is 10.0. The van der Waals surface area contributed by atoms with Gasteiger partial charge in [-0.3, -0.25) is 9.69 Å². The van der Waals surface area contributed by atoms with Crippen LogP contribution in [0.2, 0.25) is 0 Å². The first kappa shape index (κ1) is 23.0. The van der Waals surface area contributed by atoms with Crippen molar-refractivity contribution in [2.45, 2.75) is 6.54 Å². The summed E-state index contributed by atoms with van der Waals surface area (Å²) in [7, 11) is -3.14. The summed E-state index contributed by atoms with van der Waals surface area (Å²) >= 11 is 0. The second kappa shape index (κ2) is 10.2. The number of hydrogen-bond acceptors (Lipinski definition) is 5. The largest absolute Gasteiger partial charge is 0.457 e. The molecule has 1 fully saturated rings. The first-order valence-electron chi connectivity index (χ1n) is 10.8. The highest BCUT2D eigenvalue weighted by Gasteiger charge is 2.23. The van der Waals surface area contributed by atoms with Crippen LogP contribution < -0.4 is 10.1 Å². The number of nitrogens with one attached hydrogen (secondary N) is 1. The van der Waals surface area contributed by atoms with Crippen molar-refractivity contribution in [3.63, 3.8) is 0 Å². The SMILES string of the molecule is CS(=O)(=O)N1CCN(Cc2cccc(C(=O)Nc3ccc(Oc4ccccc4)cc3)c2)CC1. The number of hydrogen-bond donors (Lipinski definition) is 1. The standard InChI is InChI=1S/C25H27N3O4S/c1-33(30,31)28-16-14-27(15-17-28)19-20-6-5-7-21(18-20)25(29)26-22-10-12-24(13-11-22)32-23-8-3-2-4-9-23/h2-13,18H,14-17,19H2,1H3,(H,26,29). The summed E-state index contributed by atoms with van der Waals surface area (Å²) in [4.78, 5) is 15.0. The average molecular weight is 466 g/mol. The number of carbonyl (C=O) groups excluding carboxylic acids is 1. The van der Waals surface area contributed by atoms with Crippen molar-refractivity contribution in [3.05, 3.63) is 90.0 Å². The predicted octanol–water partition coefficient (Wildman–Crippen LogP) is 3.81. The summed E-state index contributed by atoms with van der Waals surface area (Å²) in [5, 5.41) is 2.92. The second-order valence-electron chi connectivity index (χ2n) is 8.03. The van der Waals surface area contributed by atoms with Crippen LogP contribution >= 0.6 is 0 Å². The maximum absolute atomic E-state index is 12.8. The lowest BCUT2D eigenvalue weighted by Gasteiger charge is -2.33. The minimum absolute atomic E-state index is 0.185. The Kier molecular flexibility index (Phi) is 7.08. The van der Waals surface area contributed by atoms with Gasteiger partial charge in [-0.1, -0.05) is 30.3 Å². The third-order valence-electron chi connectivity index (χ3n) is 5.49. The Morgan fingerprint density at radius 3 is 2.21 bits per heavy atom. The van der Waals surface area contributed by atoms with Gasteiger partial charge in [0.25, 0.3) is 5.91 Å². The number of rotatable bonds is 7. The Morgan fingerprint density at radius 2 is 1.55 bits per heavy atom. The van der Waals surface area contributed by atoms with Gasteiger partial charge in [0.15, 0.2) is 0 Å². The van der Waals surface area contributed by atoms with Crippen LogP contribution in [0.5, 0.6) is 11.5 Å². The van der Waals surface area contributed by atoms with Crippen molar-refractivity contribution in [3.8, 4) is 11.5 Å². The minimum Gasteiger partial charge on any atom is -0.457 e. The lowest BCUT2D eigenvalue weighted by atomic mass is 10.1. The summed E-state index contributed by atoms with van der Waals surface area (Å²) in [6, 6.07) is 24.3. The highest BCUT2D eigenvalue weighted by atomic mass is 32.2. The van der Waals surface area contributed by atoms with E-state index in [0.717, 1.165) is 11.3 Å². The van der Waals surface area contributed by atoms with Crippen LogP contribution in [-0.4, -0.2) is 56.0 Å². The smallest absolute Gasteiger partial charge is 0.255 e. The molecule has 33 heavy (non-hydrogen) atoms. The van der Waals surface area contributed by atoms with E-state index in [0.29, 0.717) is 49.7 Å². The van der Waals surface area contributed by atoms with E-state index in [2.05, 4.69) is 10.2 Å². The van der Waals surface area contributed by atoms with E-state index in [9.17, 15) is 13.2 Å². The molecule has 3 aromatic carbocycles. The van der Waals surface area contributed by atoms with Gasteiger partial charge in [0, 0.05) is 44.0 Å². The molecule has 0 aliphatic carbocycles. The lowest BCUT2D eigenvalue weighted by Crippen LogP contribution is -2.47. The van der Waals surface area contributed by atoms with Crippen LogP contribution in [0.15, 0.2) is 78.9 Å². The summed E-state index contributed by atoms with van der Waals surface area (Å²) < 4.78 is 30.6. The quantitative estimate of drug-likeness (QED) is 0.574. The van der Waals surface area contributed by atoms with Crippen LogP contribution in [-0.2, 0) is 16.6 Å². The average Bonchev–Trinajstić information content (AvgIpc) is 2.81. The molecule has 0 spiro atoms. The highest BCUT2D eigenvalue weighted by molar-refractivity contribution is 7.88. The van der Waals surface area contributed by atoms with Gasteiger partial charge in [-0.05, 0) is 54.1 Å². The lowest BCUT2D eigenvalue weighted by molar-refractivity contribution is 0.102. The maximum Gasteiger partial charge on any atom is 0.255 e. The third-order valence-corrected chi connectivity index (χ3v) is 6.79. The van der Waals surface area contributed by atoms with Crippen LogP contribution in [0.25, 0.3) is 0 Å². The number of carbonyl (C=O) groups is 1. The van der Waals surface area contributed by atoms with Crippen molar-refractivity contribution in [1.82, 2.24) is 9.21 Å². The molecule has 1 amide bonds. The fourth-order valence-corrected chi connectivity index (χ4v) is 4.55. The Morgan fingerprint density at radius 1 is 0.879 bits per heavy atom. The number of ether oxygens (including phenoxy) is 1. The summed E-state index contributed by atoms with van der Waals surface area (Å²) in [6.45, 7) is 2.98. The molecule has 1 heterocycles. The molecule has 0 bridgehead atoms. The number of nitrogens with zero attached hydrogens (tertiary/aromatic N) is 2. The Hall–Kier alpha value is -3.20. The molecule has 0 radical (unpaired) electrons. The molecule has 7 nitrogen and oxygen atoms in total. The molecule has 3 aromatic rings. The van der Waals surface area contributed by atoms with Gasteiger partial charge in [0.2, 0.25) is 10.0 Å². The number of para-hydroxylation sites is 1. The van der Waals surface area contributed by atoms with Crippen LogP contribution in [0, 0.1) is 0 Å². The van der Waals surface area contributed by atoms with Crippen molar-refractivity contribution in [2.24, 2.45) is 0 Å². The van der Waals surface area contributed by atoms with E-state index in [-0.39, 0.29) is 5.91 Å². The zero-order chi connectivity index (χ0) is 23.3. The Labute approximate surface area is 194 Å². The van der Waals surface area contributed by atoms with Gasteiger partial charge in [-0.25, -0.2) is 8.42 Å². The number of sulfonamides is 1. The molecular formula is C25H27N3O4S. The minimum atomic E-state index is -3.14. The zero-order valence-corrected chi connectivity index (χ0v) is 19.3. The monoisotopic (exact) mass is 465 g/mol. The molecule has 0 aromatic heterocycles. The summed E-state index contributed by atoms with van der Waals surface area (Å²) in [6.07, 6.45) is 1.24. The first-order valence-corrected chi connectivity index (χ1v) is 12.6. The normalized spacial score (nSPS) is 15.2. The van der Waals surface area contributed by atoms with Gasteiger partial charge in [0.1, 0.15) is 11.5 Å². The van der Waals surface area contributed by atoms with Crippen molar-refractivity contribution >= 4 is 21.6 Å². The van der Waals surface area contributed by atoms with E-state index in [4.69, 9.17) is 4.74 Å². The van der Waals surface area contributed by atoms with E-state index < -0.39 is 10.0 Å². The molecule has 1 N–H and O–H groups in total. The third kappa shape index (κ3) is 6.41. The van der Waals surface area contributed by atoms with Crippen LogP contribution in [0.4, 0.5) is 5.69 Å². The molecule has 0 atom stereocenters. The maximum atomic E-state index is 12.8. The molecule has 1 aliphatic rings. The predicted molar refractivity (Wildman–Crippen MR) is 129 cm³/mol. The van der Waals surface area contributed by atoms with Gasteiger partial charge in [0.05, 0.1) is 6.26 Å². The van der Waals surface area contributed by atoms with Crippen LogP contribution in [0.3, 0.4) is 0 Å². The molecule has 172 valence electrons. The molecule has 1 saturated heterocycles. The van der Waals surface area contributed by atoms with Gasteiger partial charge in [-0.15, -0.1) is 0 Å². The fourth-order valence-electron chi connectivity index (χ4n) is 3.72. The first-order chi connectivity index (χ1) is 15.9. The molecule has 4 rings (SSSR count). The number of amides is 1. The molecule has 0 unspecified atom stereocenters. The highest BCUT2D eigenvalue weighted by Crippen LogP contribution is 2.23. The van der Waals surface area contributed by atoms with E-state index in [1.165, 1.54) is 10.6 Å². The molecule has 8 heteroatoms. The zero-order valence-electron chi connectivity index (χ0n) is 18.5. The fraction of sp³-hybridized carbons (Fsp3) is 0.240. The topological polar surface area (TPSA) is 79.0 Å². The summed E-state index contributed by atoms with van der Waals surface area (Å²) in [5.41, 5.74) is 2.27. The van der Waals surface area contributed by atoms with Crippen LogP contribution in [0.1, 0.15) is 15.9 Å². The molecule has 0 saturated carbocycles. The van der Waals surface area contributed by atoms with Crippen molar-refractivity contribution in [1.29, 1.82) is 0 Å². The number of anilines is 1. The van der Waals surface area contributed by atoms with Gasteiger partial charge >= 0.3 is 0 Å².